The van der Waals surface area contributed by atoms with Crippen molar-refractivity contribution in [3.63, 3.8) is 0 Å². The van der Waals surface area contributed by atoms with Crippen LogP contribution in [0.15, 0.2) is 326 Å². The fourth-order valence-electron chi connectivity index (χ4n) is 13.1. The highest BCUT2D eigenvalue weighted by molar-refractivity contribution is 9.10. The van der Waals surface area contributed by atoms with E-state index in [1.165, 1.54) is 109 Å². The molecule has 0 amide bonds. The molecule has 0 aromatic heterocycles. The fourth-order valence-corrected chi connectivity index (χ4v) is 13.3. The van der Waals surface area contributed by atoms with Crippen molar-refractivity contribution in [2.24, 2.45) is 0 Å². The van der Waals surface area contributed by atoms with Gasteiger partial charge in [0.1, 0.15) is 17.4 Å². The molecule has 0 saturated heterocycles. The smallest absolute Gasteiger partial charge is 0.284 e. The average molecular weight is 1710 g/mol. The minimum absolute atomic E-state index is 0.0346. The topological polar surface area (TPSA) is 193 Å². The van der Waals surface area contributed by atoms with Gasteiger partial charge < -0.3 is 5.11 Å². The van der Waals surface area contributed by atoms with Crippen molar-refractivity contribution in [1.82, 2.24) is 0 Å². The molecule has 0 fully saturated rings. The minimum Gasteiger partial charge on any atom is -0.508 e. The molecule has 0 aliphatic carbocycles. The Morgan fingerprint density at radius 2 is 0.545 bits per heavy atom. The number of aryl methyl sites for hydroxylation is 2. The largest absolute Gasteiger partial charge is 0.508 e. The Morgan fingerprint density at radius 3 is 0.894 bits per heavy atom. The van der Waals surface area contributed by atoms with Gasteiger partial charge in [-0.05, 0) is 222 Å². The monoisotopic (exact) mass is 1710 g/mol. The van der Waals surface area contributed by atoms with Crippen LogP contribution < -0.4 is 0 Å². The zero-order chi connectivity index (χ0) is 89.7. The molecule has 13 nitrogen and oxygen atoms in total. The third-order valence-electron chi connectivity index (χ3n) is 21.0. The van der Waals surface area contributed by atoms with E-state index in [0.29, 0.717) is 52.4 Å². The number of hydrogen-bond donors (Lipinski definition) is 1. The normalized spacial score (nSPS) is 10.7. The lowest BCUT2D eigenvalue weighted by molar-refractivity contribution is -0.394. The first-order chi connectivity index (χ1) is 58.6. The van der Waals surface area contributed by atoms with Gasteiger partial charge in [0.15, 0.2) is 0 Å². The van der Waals surface area contributed by atoms with E-state index in [1.54, 1.807) is 54.6 Å². The molecule has 632 valence electrons. The quantitative estimate of drug-likeness (QED) is 0.0643. The van der Waals surface area contributed by atoms with Crippen LogP contribution in [0.1, 0.15) is 188 Å². The number of aromatic hydroxyl groups is 1. The van der Waals surface area contributed by atoms with Gasteiger partial charge in [0, 0.05) is 28.2 Å². The maximum Gasteiger partial charge on any atom is 0.284 e. The van der Waals surface area contributed by atoms with Crippen molar-refractivity contribution >= 4 is 38.7 Å². The molecule has 0 bridgehead atoms. The van der Waals surface area contributed by atoms with Gasteiger partial charge in [-0.15, -0.1) is 0 Å². The summed E-state index contributed by atoms with van der Waals surface area (Å²) in [4.78, 5) is 41.9. The molecule has 1 N–H and O–H groups in total. The molecule has 0 saturated carbocycles. The lowest BCUT2D eigenvalue weighted by atomic mass is 9.96. The number of nitro groups is 4. The number of non-ortho nitro benzene ring substituents is 1. The fraction of sp³-hybridized carbons (Fsp3) is 0.215. The summed E-state index contributed by atoms with van der Waals surface area (Å²) < 4.78 is 27.4. The second-order valence-corrected chi connectivity index (χ2v) is 33.1. The summed E-state index contributed by atoms with van der Waals surface area (Å²) in [6.45, 7) is 34.2. The molecule has 0 unspecified atom stereocenters. The van der Waals surface area contributed by atoms with Gasteiger partial charge in [0.05, 0.1) is 42.4 Å². The predicted octanol–water partition coefficient (Wildman–Crippen LogP) is 32.3. The van der Waals surface area contributed by atoms with Crippen molar-refractivity contribution in [2.75, 3.05) is 0 Å². The highest BCUT2D eigenvalue weighted by Gasteiger charge is 2.27. The molecule has 0 atom stereocenters. The SMILES string of the molecule is CC(C)c1ccc(-c2ccc(Br)cc2)cc1.CC(C)c1ccc(-c2ccc(F)cc2)cc1.CC(C)c1ccc(-c2ccc(O)cc2)cc1.CC(C)c1ccc(-c2ccc([N+](=O)[O-])cc2[N+](=O)[O-])c([N+](=O)[O-])c1.CC(C)c1ccc(-c2ccccc2F)cc1.CC(C)c1ccc(-c2ccccc2[N+](=O)[O-])cc1.Cc1ccc(-c2ccc(C(C)C)cc2)cc1C. The lowest BCUT2D eigenvalue weighted by Crippen LogP contribution is -1.99. The van der Waals surface area contributed by atoms with E-state index < -0.39 is 26.1 Å². The van der Waals surface area contributed by atoms with Crippen molar-refractivity contribution < 1.29 is 33.6 Å². The molecule has 0 aliphatic heterocycles. The maximum absolute atomic E-state index is 13.5. The second-order valence-electron chi connectivity index (χ2n) is 32.2. The molecule has 14 aromatic rings. The van der Waals surface area contributed by atoms with Crippen molar-refractivity contribution in [2.45, 2.75) is 152 Å². The molecule has 14 rings (SSSR count). The Labute approximate surface area is 731 Å². The van der Waals surface area contributed by atoms with Crippen LogP contribution in [0.5, 0.6) is 5.75 Å². The second kappa shape index (κ2) is 46.0. The van der Waals surface area contributed by atoms with Crippen LogP contribution in [0, 0.1) is 65.9 Å². The average Bonchev–Trinajstić information content (AvgIpc) is 0.783. The first-order valence-electron chi connectivity index (χ1n) is 41.3. The summed E-state index contributed by atoms with van der Waals surface area (Å²) in [6.07, 6.45) is 0. The molecule has 123 heavy (non-hydrogen) atoms. The number of phenols is 1. The first kappa shape index (κ1) is 95.3. The van der Waals surface area contributed by atoms with Crippen LogP contribution in [0.2, 0.25) is 0 Å². The lowest BCUT2D eigenvalue weighted by Gasteiger charge is -2.09. The van der Waals surface area contributed by atoms with Crippen LogP contribution in [0.25, 0.3) is 77.9 Å². The Bertz CT molecular complexity index is 5540. The third kappa shape index (κ3) is 28.2. The molecular formula is C107H109BrF2N4O9. The van der Waals surface area contributed by atoms with E-state index in [4.69, 9.17) is 0 Å². The zero-order valence-electron chi connectivity index (χ0n) is 72.8. The number of rotatable bonds is 18. The summed E-state index contributed by atoms with van der Waals surface area (Å²) in [7, 11) is 0. The van der Waals surface area contributed by atoms with Gasteiger partial charge >= 0.3 is 0 Å². The Morgan fingerprint density at radius 1 is 0.260 bits per heavy atom. The Hall–Kier alpha value is -13.2. The molecule has 14 aromatic carbocycles. The number of hydrogen-bond acceptors (Lipinski definition) is 9. The van der Waals surface area contributed by atoms with Crippen LogP contribution in [0.3, 0.4) is 0 Å². The minimum atomic E-state index is -0.789. The van der Waals surface area contributed by atoms with Gasteiger partial charge in [-0.3, -0.25) is 40.5 Å². The number of benzene rings is 14. The van der Waals surface area contributed by atoms with Crippen LogP contribution in [-0.2, 0) is 0 Å². The van der Waals surface area contributed by atoms with Crippen LogP contribution >= 0.6 is 15.9 Å². The maximum atomic E-state index is 13.5. The van der Waals surface area contributed by atoms with Gasteiger partial charge in [0.25, 0.3) is 22.7 Å². The summed E-state index contributed by atoms with van der Waals surface area (Å²) >= 11 is 3.45. The van der Waals surface area contributed by atoms with Crippen molar-refractivity contribution in [1.29, 1.82) is 0 Å². The Kier molecular flexibility index (Phi) is 35.6. The summed E-state index contributed by atoms with van der Waals surface area (Å²) in [5, 5.41) is 53.6. The van der Waals surface area contributed by atoms with Crippen LogP contribution in [-0.4, -0.2) is 24.8 Å². The van der Waals surface area contributed by atoms with Gasteiger partial charge in [-0.2, -0.15) is 0 Å². The number of halogens is 3. The number of para-hydroxylation sites is 1. The van der Waals surface area contributed by atoms with Crippen LogP contribution in [0.4, 0.5) is 31.5 Å². The van der Waals surface area contributed by atoms with Gasteiger partial charge in [-0.1, -0.05) is 349 Å². The summed E-state index contributed by atoms with van der Waals surface area (Å²) in [5.41, 5.74) is 23.1. The van der Waals surface area contributed by atoms with E-state index in [2.05, 4.69) is 265 Å². The first-order valence-corrected chi connectivity index (χ1v) is 42.1. The molecule has 0 spiro atoms. The van der Waals surface area contributed by atoms with Crippen molar-refractivity contribution in [3.05, 3.63) is 428 Å². The standard InChI is InChI=1S/C17H20.C15H15Br.2C15H15F.C15H13N3O6.C15H15NO2.C15H16O/c1-12(2)15-7-9-16(10-8-15)17-6-5-13(3)14(4)11-17;2*1-11(2)12-3-5-13(6-4-12)14-7-9-15(16)10-8-14;1-11(2)12-7-9-13(10-8-12)14-5-3-4-6-15(14)16;1-9(2)10-3-5-12(14(7-10)17(21)22)13-6-4-11(16(19)20)8-15(13)18(23)24;1-11(2)12-7-9-13(10-8-12)14-5-3-4-6-15(14)16(17)18;1-11(2)12-3-5-13(6-4-12)14-7-9-15(16)10-8-14/h5-12H,1-4H3;3*3-11H,1-2H3;3-9H,1-2H3;3-11H,1-2H3;3-11,16H,1-2H3. The highest BCUT2D eigenvalue weighted by atomic mass is 79.9. The van der Waals surface area contributed by atoms with E-state index in [9.17, 15) is 54.3 Å². The molecule has 0 radical (unpaired) electrons. The Balaban J connectivity index is 0.000000179. The molecular weight excluding hydrogens is 1600 g/mol. The number of phenolic OH excluding ortho intramolecular Hbond substituents is 1. The molecule has 0 aliphatic rings. The zero-order valence-corrected chi connectivity index (χ0v) is 74.4. The van der Waals surface area contributed by atoms with Gasteiger partial charge in [0.2, 0.25) is 0 Å². The number of nitro benzene ring substituents is 4. The highest BCUT2D eigenvalue weighted by Crippen LogP contribution is 2.40. The molecule has 0 heterocycles. The molecule has 16 heteroatoms. The third-order valence-corrected chi connectivity index (χ3v) is 21.5. The number of nitrogens with zero attached hydrogens (tertiary/aromatic N) is 4. The van der Waals surface area contributed by atoms with Crippen molar-refractivity contribution in [3.8, 4) is 83.6 Å². The summed E-state index contributed by atoms with van der Waals surface area (Å²) in [6, 6.07) is 101. The summed E-state index contributed by atoms with van der Waals surface area (Å²) in [5.74, 6) is 3.27. The predicted molar refractivity (Wildman–Crippen MR) is 507 cm³/mol. The van der Waals surface area contributed by atoms with E-state index in [-0.39, 0.29) is 45.0 Å². The van der Waals surface area contributed by atoms with E-state index in [1.807, 2.05) is 74.5 Å². The van der Waals surface area contributed by atoms with E-state index in [0.717, 1.165) is 56.1 Å². The van der Waals surface area contributed by atoms with Gasteiger partial charge in [-0.25, -0.2) is 8.78 Å². The van der Waals surface area contributed by atoms with E-state index >= 15 is 0 Å².